The number of unbranched alkanes of at least 4 members (excludes halogenated alkanes) is 2. The molecule has 0 saturated carbocycles. The lowest BCUT2D eigenvalue weighted by molar-refractivity contribution is -0.146. The van der Waals surface area contributed by atoms with E-state index in [4.69, 9.17) is 37.9 Å². The number of ether oxygens (including phenoxy) is 8. The molecule has 0 spiro atoms. The highest BCUT2D eigenvalue weighted by atomic mass is 16.6. The van der Waals surface area contributed by atoms with Gasteiger partial charge in [0.2, 0.25) is 0 Å². The molecule has 0 aliphatic heterocycles. The summed E-state index contributed by atoms with van der Waals surface area (Å²) < 4.78 is 43.1. The van der Waals surface area contributed by atoms with Gasteiger partial charge in [0.15, 0.2) is 5.78 Å². The van der Waals surface area contributed by atoms with Crippen LogP contribution in [0.25, 0.3) is 12.2 Å². The summed E-state index contributed by atoms with van der Waals surface area (Å²) in [5.74, 6) is 0.511. The highest BCUT2D eigenvalue weighted by molar-refractivity contribution is 6.09. The molecule has 0 saturated heterocycles. The minimum Gasteiger partial charge on any atom is -0.494 e. The van der Waals surface area contributed by atoms with Crippen molar-refractivity contribution in [1.82, 2.24) is 0 Å². The van der Waals surface area contributed by atoms with Crippen LogP contribution in [0.5, 0.6) is 23.0 Å². The Kier molecular flexibility index (Phi) is 21.2. The van der Waals surface area contributed by atoms with Crippen molar-refractivity contribution in [2.24, 2.45) is 0 Å². The molecule has 0 unspecified atom stereocenters. The number of hydrogen-bond donors (Lipinski definition) is 0. The molecule has 4 aromatic rings. The standard InChI is InChI=1S/C51H54O13/c1-37(2)50(55)63-35-33-61-47(52)27-13-39-9-19-43(20-10-39)57-29-5-7-31-59-45-23-15-41(16-24-45)49(54)42-17-25-46(26-18-42)60-32-8-6-30-58-44-21-11-40(12-22-44)14-28-48(53)62-34-36-64-51(56)38(3)4/h9-28H,1,3,5-8,29-36H2,2,4H3/b27-13+,28-14+. The molecule has 13 nitrogen and oxygen atoms in total. The van der Waals surface area contributed by atoms with E-state index in [0.717, 1.165) is 36.8 Å². The van der Waals surface area contributed by atoms with Crippen LogP contribution < -0.4 is 18.9 Å². The average molecular weight is 875 g/mol. The molecule has 0 heterocycles. The van der Waals surface area contributed by atoms with Gasteiger partial charge in [-0.25, -0.2) is 19.2 Å². The summed E-state index contributed by atoms with van der Waals surface area (Å²) in [7, 11) is 0. The van der Waals surface area contributed by atoms with Gasteiger partial charge in [-0.2, -0.15) is 0 Å². The Morgan fingerprint density at radius 1 is 0.406 bits per heavy atom. The first-order valence-corrected chi connectivity index (χ1v) is 20.8. The molecule has 0 fully saturated rings. The van der Waals surface area contributed by atoms with Gasteiger partial charge in [-0.05, 0) is 136 Å². The Balaban J connectivity index is 1.03. The number of ketones is 1. The molecule has 0 bridgehead atoms. The zero-order valence-corrected chi connectivity index (χ0v) is 36.3. The molecule has 0 N–H and O–H groups in total. The normalized spacial score (nSPS) is 10.8. The number of carbonyl (C=O) groups excluding carboxylic acids is 5. The van der Waals surface area contributed by atoms with Gasteiger partial charge in [-0.1, -0.05) is 37.4 Å². The van der Waals surface area contributed by atoms with E-state index in [1.807, 2.05) is 48.5 Å². The van der Waals surface area contributed by atoms with Gasteiger partial charge < -0.3 is 37.9 Å². The number of benzene rings is 4. The van der Waals surface area contributed by atoms with Crippen molar-refractivity contribution in [3.63, 3.8) is 0 Å². The molecule has 0 aliphatic rings. The van der Waals surface area contributed by atoms with Gasteiger partial charge in [0.05, 0.1) is 26.4 Å². The summed E-state index contributed by atoms with van der Waals surface area (Å²) in [5.41, 5.74) is 3.26. The van der Waals surface area contributed by atoms with Gasteiger partial charge in [0.25, 0.3) is 0 Å². The maximum atomic E-state index is 13.1. The van der Waals surface area contributed by atoms with Crippen molar-refractivity contribution in [2.75, 3.05) is 52.9 Å². The monoisotopic (exact) mass is 874 g/mol. The first-order chi connectivity index (χ1) is 31.0. The third-order valence-corrected chi connectivity index (χ3v) is 8.79. The van der Waals surface area contributed by atoms with Crippen molar-refractivity contribution in [3.05, 3.63) is 156 Å². The Bertz CT molecular complexity index is 2050. The Morgan fingerprint density at radius 3 is 0.984 bits per heavy atom. The minimum absolute atomic E-state index is 0.0375. The van der Waals surface area contributed by atoms with Gasteiger partial charge in [-0.15, -0.1) is 0 Å². The van der Waals surface area contributed by atoms with Crippen LogP contribution in [0, 0.1) is 0 Å². The fraction of sp³-hybridized carbons (Fsp3) is 0.275. The van der Waals surface area contributed by atoms with Crippen LogP contribution in [0.2, 0.25) is 0 Å². The maximum absolute atomic E-state index is 13.1. The lowest BCUT2D eigenvalue weighted by Gasteiger charge is -2.09. The number of rotatable bonds is 28. The summed E-state index contributed by atoms with van der Waals surface area (Å²) in [6.45, 7) is 11.9. The second kappa shape index (κ2) is 27.5. The minimum atomic E-state index is -0.544. The number of hydrogen-bond acceptors (Lipinski definition) is 13. The fourth-order valence-corrected chi connectivity index (χ4v) is 5.31. The van der Waals surface area contributed by atoms with E-state index < -0.39 is 23.9 Å². The van der Waals surface area contributed by atoms with Crippen LogP contribution in [0.3, 0.4) is 0 Å². The van der Waals surface area contributed by atoms with Gasteiger partial charge in [-0.3, -0.25) is 4.79 Å². The summed E-state index contributed by atoms with van der Waals surface area (Å²) in [4.78, 5) is 59.5. The van der Waals surface area contributed by atoms with E-state index in [0.29, 0.717) is 60.6 Å². The van der Waals surface area contributed by atoms with Crippen LogP contribution in [0.4, 0.5) is 0 Å². The molecule has 0 aliphatic carbocycles. The highest BCUT2D eigenvalue weighted by Gasteiger charge is 2.10. The van der Waals surface area contributed by atoms with Gasteiger partial charge >= 0.3 is 23.9 Å². The molecule has 13 heteroatoms. The summed E-state index contributed by atoms with van der Waals surface area (Å²) in [6, 6.07) is 28.7. The van der Waals surface area contributed by atoms with E-state index >= 15 is 0 Å². The smallest absolute Gasteiger partial charge is 0.333 e. The largest absolute Gasteiger partial charge is 0.494 e. The van der Waals surface area contributed by atoms with Crippen LogP contribution in [0.15, 0.2) is 134 Å². The summed E-state index contributed by atoms with van der Waals surface area (Å²) >= 11 is 0. The van der Waals surface area contributed by atoms with Crippen LogP contribution in [-0.2, 0) is 38.1 Å². The maximum Gasteiger partial charge on any atom is 0.333 e. The molecule has 0 amide bonds. The molecule has 0 atom stereocenters. The van der Waals surface area contributed by atoms with Crippen molar-refractivity contribution < 1.29 is 61.9 Å². The second-order valence-corrected chi connectivity index (χ2v) is 14.2. The quantitative estimate of drug-likeness (QED) is 0.0175. The highest BCUT2D eigenvalue weighted by Crippen LogP contribution is 2.20. The van der Waals surface area contributed by atoms with Crippen molar-refractivity contribution >= 4 is 41.8 Å². The lowest BCUT2D eigenvalue weighted by Crippen LogP contribution is -2.12. The SMILES string of the molecule is C=C(C)C(=O)OCCOC(=O)/C=C/c1ccc(OCCCCOc2ccc(C(=O)c3ccc(OCCCCOc4ccc(/C=C/C(=O)OCCOC(=O)C(=C)C)cc4)cc3)cc2)cc1. The van der Waals surface area contributed by atoms with Crippen molar-refractivity contribution in [1.29, 1.82) is 0 Å². The number of carbonyl (C=O) groups is 5. The zero-order valence-electron chi connectivity index (χ0n) is 36.3. The molecule has 0 aromatic heterocycles. The molecule has 336 valence electrons. The van der Waals surface area contributed by atoms with E-state index in [-0.39, 0.29) is 43.4 Å². The Morgan fingerprint density at radius 2 is 0.688 bits per heavy atom. The fourth-order valence-electron chi connectivity index (χ4n) is 5.31. The number of esters is 4. The molecule has 4 rings (SSSR count). The molecule has 4 aromatic carbocycles. The van der Waals surface area contributed by atoms with Crippen molar-refractivity contribution in [3.8, 4) is 23.0 Å². The predicted octanol–water partition coefficient (Wildman–Crippen LogP) is 8.75. The second-order valence-electron chi connectivity index (χ2n) is 14.2. The summed E-state index contributed by atoms with van der Waals surface area (Å²) in [5, 5.41) is 0. The Labute approximate surface area is 373 Å². The molecular weight excluding hydrogens is 821 g/mol. The third-order valence-electron chi connectivity index (χ3n) is 8.79. The molecular formula is C51H54O13. The summed E-state index contributed by atoms with van der Waals surface area (Å²) in [6.07, 6.45) is 8.96. The van der Waals surface area contributed by atoms with Crippen LogP contribution in [-0.4, -0.2) is 82.5 Å². The Hall–Kier alpha value is -7.41. The van der Waals surface area contributed by atoms with Gasteiger partial charge in [0.1, 0.15) is 49.4 Å². The molecule has 0 radical (unpaired) electrons. The first kappa shape index (κ1) is 49.2. The molecule has 64 heavy (non-hydrogen) atoms. The van der Waals surface area contributed by atoms with E-state index in [2.05, 4.69) is 13.2 Å². The van der Waals surface area contributed by atoms with Gasteiger partial charge in [0, 0.05) is 34.4 Å². The van der Waals surface area contributed by atoms with Crippen LogP contribution >= 0.6 is 0 Å². The zero-order chi connectivity index (χ0) is 45.9. The van der Waals surface area contributed by atoms with Crippen molar-refractivity contribution in [2.45, 2.75) is 39.5 Å². The van der Waals surface area contributed by atoms with Crippen LogP contribution in [0.1, 0.15) is 66.6 Å². The topological polar surface area (TPSA) is 159 Å². The third kappa shape index (κ3) is 19.1. The first-order valence-electron chi connectivity index (χ1n) is 20.8. The van der Waals surface area contributed by atoms with E-state index in [1.165, 1.54) is 26.0 Å². The lowest BCUT2D eigenvalue weighted by atomic mass is 10.0. The average Bonchev–Trinajstić information content (AvgIpc) is 3.30. The van der Waals surface area contributed by atoms with E-state index in [9.17, 15) is 24.0 Å². The van der Waals surface area contributed by atoms with E-state index in [1.54, 1.807) is 60.7 Å². The predicted molar refractivity (Wildman–Crippen MR) is 241 cm³/mol.